The van der Waals surface area contributed by atoms with Gasteiger partial charge in [0.1, 0.15) is 0 Å². The molecule has 0 aliphatic heterocycles. The van der Waals surface area contributed by atoms with Gasteiger partial charge in [0.25, 0.3) is 0 Å². The van der Waals surface area contributed by atoms with Crippen molar-refractivity contribution in [1.82, 2.24) is 4.98 Å². The van der Waals surface area contributed by atoms with Crippen molar-refractivity contribution in [2.45, 2.75) is 6.92 Å². The number of Topliss-reactive ketones (excluding diaryl/α,β-unsaturated/α-hetero) is 1. The van der Waals surface area contributed by atoms with E-state index < -0.39 is 5.97 Å². The molecule has 0 aliphatic carbocycles. The summed E-state index contributed by atoms with van der Waals surface area (Å²) in [6, 6.07) is 23.6. The first kappa shape index (κ1) is 19.8. The van der Waals surface area contributed by atoms with Crippen molar-refractivity contribution in [2.24, 2.45) is 0 Å². The number of fused-ring (bicyclic) bond motifs is 1. The van der Waals surface area contributed by atoms with E-state index in [-0.39, 0.29) is 12.4 Å². The highest BCUT2D eigenvalue weighted by atomic mass is 35.5. The molecule has 0 aliphatic rings. The molecule has 0 N–H and O–H groups in total. The molecule has 4 rings (SSSR count). The fourth-order valence-corrected chi connectivity index (χ4v) is 3.50. The average Bonchev–Trinajstić information content (AvgIpc) is 2.78. The SMILES string of the molecule is Cc1c(-c2ccccc2)nc2ccccc2c1C(=O)OCC(=O)c1ccc(Cl)cc1. The van der Waals surface area contributed by atoms with Gasteiger partial charge in [0.2, 0.25) is 0 Å². The molecular weight excluding hydrogens is 398 g/mol. The summed E-state index contributed by atoms with van der Waals surface area (Å²) < 4.78 is 5.41. The van der Waals surface area contributed by atoms with Crippen LogP contribution in [0.1, 0.15) is 26.3 Å². The molecule has 148 valence electrons. The number of ketones is 1. The van der Waals surface area contributed by atoms with E-state index in [4.69, 9.17) is 21.3 Å². The largest absolute Gasteiger partial charge is 0.454 e. The fourth-order valence-electron chi connectivity index (χ4n) is 3.37. The Balaban J connectivity index is 1.68. The van der Waals surface area contributed by atoms with Crippen molar-refractivity contribution >= 4 is 34.3 Å². The number of halogens is 1. The number of ether oxygens (including phenoxy) is 1. The minimum atomic E-state index is -0.550. The van der Waals surface area contributed by atoms with Gasteiger partial charge in [0, 0.05) is 21.5 Å². The third-order valence-electron chi connectivity index (χ3n) is 4.89. The molecule has 0 bridgehead atoms. The van der Waals surface area contributed by atoms with Crippen LogP contribution in [-0.4, -0.2) is 23.3 Å². The molecule has 0 atom stereocenters. The number of esters is 1. The Morgan fingerprint density at radius 2 is 1.57 bits per heavy atom. The van der Waals surface area contributed by atoms with E-state index in [9.17, 15) is 9.59 Å². The van der Waals surface area contributed by atoms with E-state index in [0.717, 1.165) is 5.56 Å². The van der Waals surface area contributed by atoms with Crippen LogP contribution in [0.5, 0.6) is 0 Å². The maximum absolute atomic E-state index is 13.0. The normalized spacial score (nSPS) is 10.7. The van der Waals surface area contributed by atoms with Gasteiger partial charge in [-0.05, 0) is 42.8 Å². The Bertz CT molecular complexity index is 1230. The van der Waals surface area contributed by atoms with Crippen LogP contribution in [0.2, 0.25) is 5.02 Å². The molecule has 5 heteroatoms. The monoisotopic (exact) mass is 415 g/mol. The van der Waals surface area contributed by atoms with Crippen LogP contribution in [0.4, 0.5) is 0 Å². The second kappa shape index (κ2) is 8.47. The average molecular weight is 416 g/mol. The van der Waals surface area contributed by atoms with Crippen LogP contribution < -0.4 is 0 Å². The van der Waals surface area contributed by atoms with Gasteiger partial charge in [-0.15, -0.1) is 0 Å². The summed E-state index contributed by atoms with van der Waals surface area (Å²) >= 11 is 5.86. The Hall–Kier alpha value is -3.50. The predicted octanol–water partition coefficient (Wildman–Crippen LogP) is 5.90. The van der Waals surface area contributed by atoms with Gasteiger partial charge >= 0.3 is 5.97 Å². The molecule has 0 spiro atoms. The number of aromatic nitrogens is 1. The van der Waals surface area contributed by atoms with E-state index in [1.807, 2.05) is 61.5 Å². The van der Waals surface area contributed by atoms with Crippen molar-refractivity contribution in [1.29, 1.82) is 0 Å². The zero-order chi connectivity index (χ0) is 21.1. The summed E-state index contributed by atoms with van der Waals surface area (Å²) in [6.07, 6.45) is 0. The number of para-hydroxylation sites is 1. The van der Waals surface area contributed by atoms with Crippen LogP contribution in [0.25, 0.3) is 22.2 Å². The summed E-state index contributed by atoms with van der Waals surface area (Å²) in [5, 5.41) is 1.23. The molecule has 1 heterocycles. The Morgan fingerprint density at radius 1 is 0.900 bits per heavy atom. The summed E-state index contributed by atoms with van der Waals surface area (Å²) in [4.78, 5) is 30.2. The number of carbonyl (C=O) groups excluding carboxylic acids is 2. The molecule has 0 fully saturated rings. The topological polar surface area (TPSA) is 56.3 Å². The smallest absolute Gasteiger partial charge is 0.339 e. The molecule has 0 radical (unpaired) electrons. The van der Waals surface area contributed by atoms with Gasteiger partial charge in [-0.3, -0.25) is 4.79 Å². The van der Waals surface area contributed by atoms with Crippen molar-refractivity contribution in [2.75, 3.05) is 6.61 Å². The van der Waals surface area contributed by atoms with Gasteiger partial charge in [0.05, 0.1) is 16.8 Å². The van der Waals surface area contributed by atoms with Gasteiger partial charge in [-0.25, -0.2) is 9.78 Å². The quantitative estimate of drug-likeness (QED) is 0.300. The fraction of sp³-hybridized carbons (Fsp3) is 0.0800. The third-order valence-corrected chi connectivity index (χ3v) is 5.14. The lowest BCUT2D eigenvalue weighted by Gasteiger charge is -2.14. The summed E-state index contributed by atoms with van der Waals surface area (Å²) in [5.41, 5.74) is 3.89. The number of pyridine rings is 1. The molecule has 30 heavy (non-hydrogen) atoms. The Morgan fingerprint density at radius 3 is 2.30 bits per heavy atom. The van der Waals surface area contributed by atoms with Crippen LogP contribution in [0.3, 0.4) is 0 Å². The third kappa shape index (κ3) is 3.95. The molecule has 0 unspecified atom stereocenters. The first-order chi connectivity index (χ1) is 14.5. The Kier molecular flexibility index (Phi) is 5.59. The lowest BCUT2D eigenvalue weighted by Crippen LogP contribution is -2.16. The lowest BCUT2D eigenvalue weighted by molar-refractivity contribution is 0.0476. The van der Waals surface area contributed by atoms with E-state index in [1.54, 1.807) is 24.3 Å². The van der Waals surface area contributed by atoms with Crippen LogP contribution in [-0.2, 0) is 4.74 Å². The number of hydrogen-bond donors (Lipinski definition) is 0. The number of nitrogens with zero attached hydrogens (tertiary/aromatic N) is 1. The summed E-state index contributed by atoms with van der Waals surface area (Å²) in [7, 11) is 0. The van der Waals surface area contributed by atoms with Crippen LogP contribution in [0, 0.1) is 6.92 Å². The lowest BCUT2D eigenvalue weighted by atomic mass is 9.98. The Labute approximate surface area is 179 Å². The van der Waals surface area contributed by atoms with Gasteiger partial charge in [-0.2, -0.15) is 0 Å². The minimum absolute atomic E-state index is 0.292. The maximum Gasteiger partial charge on any atom is 0.339 e. The molecule has 4 nitrogen and oxygen atoms in total. The highest BCUT2D eigenvalue weighted by Gasteiger charge is 2.21. The second-order valence-electron chi connectivity index (χ2n) is 6.85. The van der Waals surface area contributed by atoms with E-state index in [2.05, 4.69) is 0 Å². The van der Waals surface area contributed by atoms with Crippen molar-refractivity contribution in [3.05, 3.63) is 101 Å². The van der Waals surface area contributed by atoms with Crippen molar-refractivity contribution < 1.29 is 14.3 Å². The van der Waals surface area contributed by atoms with Gasteiger partial charge in [-0.1, -0.05) is 60.1 Å². The summed E-state index contributed by atoms with van der Waals surface area (Å²) in [5.74, 6) is -0.843. The zero-order valence-corrected chi connectivity index (χ0v) is 17.0. The highest BCUT2D eigenvalue weighted by Crippen LogP contribution is 2.30. The summed E-state index contributed by atoms with van der Waals surface area (Å²) in [6.45, 7) is 1.50. The number of benzene rings is 3. The standard InChI is InChI=1S/C25H18ClNO3/c1-16-23(25(29)30-15-22(28)17-11-13-19(26)14-12-17)20-9-5-6-10-21(20)27-24(16)18-7-3-2-4-8-18/h2-14H,15H2,1H3. The van der Waals surface area contributed by atoms with Gasteiger partial charge < -0.3 is 4.74 Å². The molecule has 3 aromatic carbocycles. The van der Waals surface area contributed by atoms with Gasteiger partial charge in [0.15, 0.2) is 12.4 Å². The number of hydrogen-bond acceptors (Lipinski definition) is 4. The molecule has 4 aromatic rings. The van der Waals surface area contributed by atoms with E-state index in [0.29, 0.717) is 38.3 Å². The first-order valence-electron chi connectivity index (χ1n) is 9.45. The predicted molar refractivity (Wildman–Crippen MR) is 118 cm³/mol. The van der Waals surface area contributed by atoms with E-state index in [1.165, 1.54) is 0 Å². The van der Waals surface area contributed by atoms with Crippen molar-refractivity contribution in [3.63, 3.8) is 0 Å². The zero-order valence-electron chi connectivity index (χ0n) is 16.3. The molecule has 0 amide bonds. The highest BCUT2D eigenvalue weighted by molar-refractivity contribution is 6.30. The number of carbonyl (C=O) groups is 2. The van der Waals surface area contributed by atoms with Crippen molar-refractivity contribution in [3.8, 4) is 11.3 Å². The van der Waals surface area contributed by atoms with Crippen LogP contribution in [0.15, 0.2) is 78.9 Å². The molecule has 0 saturated heterocycles. The molecule has 1 aromatic heterocycles. The first-order valence-corrected chi connectivity index (χ1v) is 9.83. The molecular formula is C25H18ClNO3. The van der Waals surface area contributed by atoms with E-state index >= 15 is 0 Å². The second-order valence-corrected chi connectivity index (χ2v) is 7.29. The minimum Gasteiger partial charge on any atom is -0.454 e. The number of rotatable bonds is 5. The maximum atomic E-state index is 13.0. The molecule has 0 saturated carbocycles. The van der Waals surface area contributed by atoms with Crippen LogP contribution >= 0.6 is 11.6 Å².